The van der Waals surface area contributed by atoms with Crippen molar-refractivity contribution in [1.82, 2.24) is 14.5 Å². The van der Waals surface area contributed by atoms with E-state index in [0.29, 0.717) is 0 Å². The number of benzene rings is 2. The normalized spacial score (nSPS) is 10.7. The zero-order valence-corrected chi connectivity index (χ0v) is 19.5. The Hall–Kier alpha value is -2.58. The molecule has 3 aromatic rings. The summed E-state index contributed by atoms with van der Waals surface area (Å²) in [6.07, 6.45) is 3.60. The number of thioether (sulfide) groups is 1. The molecule has 0 spiro atoms. The van der Waals surface area contributed by atoms with Crippen LogP contribution < -0.4 is 5.32 Å². The number of hydrogen-bond donors (Lipinski definition) is 1. The number of anilines is 1. The van der Waals surface area contributed by atoms with E-state index in [1.807, 2.05) is 67.1 Å². The number of carbonyl (C=O) groups is 2. The fourth-order valence-corrected chi connectivity index (χ4v) is 4.29. The van der Waals surface area contributed by atoms with Gasteiger partial charge < -0.3 is 10.2 Å². The maximum absolute atomic E-state index is 12.5. The molecule has 0 atom stereocenters. The summed E-state index contributed by atoms with van der Waals surface area (Å²) in [4.78, 5) is 30.7. The van der Waals surface area contributed by atoms with Gasteiger partial charge in [0.05, 0.1) is 18.0 Å². The first-order valence-electron chi connectivity index (χ1n) is 9.37. The predicted octanol–water partition coefficient (Wildman–Crippen LogP) is 4.44. The third-order valence-corrected chi connectivity index (χ3v) is 6.02. The van der Waals surface area contributed by atoms with E-state index in [0.717, 1.165) is 32.1 Å². The standard InChI is InChI=1S/C22H23BrN4O2S/c1-15-6-4-5-7-19(15)27-11-10-24-22(27)30-14-21(29)26(3)13-20(28)25-18-9-8-17(23)12-16(18)2/h4-12H,13-14H2,1-3H3,(H,25,28). The number of nitrogens with one attached hydrogen (secondary N) is 1. The van der Waals surface area contributed by atoms with Crippen LogP contribution in [-0.4, -0.2) is 45.6 Å². The number of carbonyl (C=O) groups excluding carboxylic acids is 2. The molecule has 0 radical (unpaired) electrons. The summed E-state index contributed by atoms with van der Waals surface area (Å²) in [5.74, 6) is -0.172. The Morgan fingerprint density at radius 3 is 2.67 bits per heavy atom. The maximum Gasteiger partial charge on any atom is 0.243 e. The zero-order valence-electron chi connectivity index (χ0n) is 17.1. The van der Waals surface area contributed by atoms with Crippen LogP contribution in [0.4, 0.5) is 5.69 Å². The van der Waals surface area contributed by atoms with Gasteiger partial charge in [-0.1, -0.05) is 45.9 Å². The number of rotatable bonds is 7. The molecule has 1 N–H and O–H groups in total. The first-order chi connectivity index (χ1) is 14.3. The molecule has 156 valence electrons. The molecular formula is C22H23BrN4O2S. The number of aromatic nitrogens is 2. The predicted molar refractivity (Wildman–Crippen MR) is 124 cm³/mol. The number of likely N-dealkylation sites (N-methyl/N-ethyl adjacent to an activating group) is 1. The van der Waals surface area contributed by atoms with Gasteiger partial charge in [0, 0.05) is 29.6 Å². The highest BCUT2D eigenvalue weighted by Crippen LogP contribution is 2.23. The second-order valence-corrected chi connectivity index (χ2v) is 8.77. The molecule has 0 saturated heterocycles. The van der Waals surface area contributed by atoms with E-state index in [1.54, 1.807) is 13.2 Å². The highest BCUT2D eigenvalue weighted by atomic mass is 79.9. The van der Waals surface area contributed by atoms with Gasteiger partial charge >= 0.3 is 0 Å². The van der Waals surface area contributed by atoms with Crippen LogP contribution in [0.15, 0.2) is 64.5 Å². The van der Waals surface area contributed by atoms with Crippen LogP contribution in [0, 0.1) is 13.8 Å². The van der Waals surface area contributed by atoms with Gasteiger partial charge in [-0.3, -0.25) is 14.2 Å². The number of imidazole rings is 1. The number of aryl methyl sites for hydroxylation is 2. The fraction of sp³-hybridized carbons (Fsp3) is 0.227. The average Bonchev–Trinajstić information content (AvgIpc) is 3.17. The van der Waals surface area contributed by atoms with E-state index in [9.17, 15) is 9.59 Å². The molecule has 1 heterocycles. The van der Waals surface area contributed by atoms with Crippen LogP contribution in [-0.2, 0) is 9.59 Å². The summed E-state index contributed by atoms with van der Waals surface area (Å²) in [5.41, 5.74) is 3.84. The molecule has 2 amide bonds. The highest BCUT2D eigenvalue weighted by Gasteiger charge is 2.16. The van der Waals surface area contributed by atoms with Gasteiger partial charge in [-0.25, -0.2) is 4.98 Å². The summed E-state index contributed by atoms with van der Waals surface area (Å²) in [6.45, 7) is 3.94. The van der Waals surface area contributed by atoms with Crippen molar-refractivity contribution in [3.8, 4) is 5.69 Å². The second kappa shape index (κ2) is 9.95. The molecule has 0 aliphatic rings. The van der Waals surface area contributed by atoms with Crippen LogP contribution in [0.25, 0.3) is 5.69 Å². The lowest BCUT2D eigenvalue weighted by molar-refractivity contribution is -0.131. The molecule has 1 aromatic heterocycles. The van der Waals surface area contributed by atoms with E-state index in [4.69, 9.17) is 0 Å². The summed E-state index contributed by atoms with van der Waals surface area (Å²) >= 11 is 4.76. The third-order valence-electron chi connectivity index (χ3n) is 4.58. The Kier molecular flexibility index (Phi) is 7.33. The summed E-state index contributed by atoms with van der Waals surface area (Å²) in [6, 6.07) is 13.6. The van der Waals surface area contributed by atoms with Crippen LogP contribution >= 0.6 is 27.7 Å². The lowest BCUT2D eigenvalue weighted by Crippen LogP contribution is -2.36. The van der Waals surface area contributed by atoms with Gasteiger partial charge in [0.25, 0.3) is 0 Å². The average molecular weight is 487 g/mol. The van der Waals surface area contributed by atoms with Crippen molar-refractivity contribution in [3.63, 3.8) is 0 Å². The van der Waals surface area contributed by atoms with Gasteiger partial charge in [-0.15, -0.1) is 0 Å². The number of para-hydroxylation sites is 1. The molecule has 30 heavy (non-hydrogen) atoms. The Morgan fingerprint density at radius 1 is 1.17 bits per heavy atom. The minimum absolute atomic E-state index is 0.0128. The molecule has 3 rings (SSSR count). The molecule has 8 heteroatoms. The van der Waals surface area contributed by atoms with Gasteiger partial charge in [-0.2, -0.15) is 0 Å². The van der Waals surface area contributed by atoms with Crippen LogP contribution in [0.2, 0.25) is 0 Å². The minimum Gasteiger partial charge on any atom is -0.336 e. The summed E-state index contributed by atoms with van der Waals surface area (Å²) in [5, 5.41) is 3.59. The van der Waals surface area contributed by atoms with Crippen LogP contribution in [0.3, 0.4) is 0 Å². The van der Waals surface area contributed by atoms with E-state index in [2.05, 4.69) is 26.2 Å². The molecule has 0 aliphatic carbocycles. The quantitative estimate of drug-likeness (QED) is 0.501. The Balaban J connectivity index is 1.56. The van der Waals surface area contributed by atoms with E-state index in [1.165, 1.54) is 16.7 Å². The van der Waals surface area contributed by atoms with Gasteiger partial charge in [0.15, 0.2) is 5.16 Å². The van der Waals surface area contributed by atoms with Gasteiger partial charge in [-0.05, 0) is 49.2 Å². The molecule has 0 fully saturated rings. The fourth-order valence-electron chi connectivity index (χ4n) is 2.91. The molecule has 0 aliphatic heterocycles. The summed E-state index contributed by atoms with van der Waals surface area (Å²) in [7, 11) is 1.63. The maximum atomic E-state index is 12.5. The van der Waals surface area contributed by atoms with E-state index < -0.39 is 0 Å². The largest absolute Gasteiger partial charge is 0.336 e. The monoisotopic (exact) mass is 486 g/mol. The highest BCUT2D eigenvalue weighted by molar-refractivity contribution is 9.10. The SMILES string of the molecule is Cc1cc(Br)ccc1NC(=O)CN(C)C(=O)CSc1nccn1-c1ccccc1C. The van der Waals surface area contributed by atoms with Crippen LogP contribution in [0.1, 0.15) is 11.1 Å². The van der Waals surface area contributed by atoms with Gasteiger partial charge in [0.1, 0.15) is 0 Å². The molecule has 0 bridgehead atoms. The van der Waals surface area contributed by atoms with Crippen LogP contribution in [0.5, 0.6) is 0 Å². The van der Waals surface area contributed by atoms with Crippen molar-refractivity contribution in [2.45, 2.75) is 19.0 Å². The Bertz CT molecular complexity index is 1070. The summed E-state index contributed by atoms with van der Waals surface area (Å²) < 4.78 is 2.92. The lowest BCUT2D eigenvalue weighted by atomic mass is 10.2. The molecule has 0 saturated carbocycles. The van der Waals surface area contributed by atoms with Crippen molar-refractivity contribution in [1.29, 1.82) is 0 Å². The van der Waals surface area contributed by atoms with Crippen molar-refractivity contribution in [2.75, 3.05) is 24.7 Å². The zero-order chi connectivity index (χ0) is 21.7. The van der Waals surface area contributed by atoms with Gasteiger partial charge in [0.2, 0.25) is 11.8 Å². The number of halogens is 1. The van der Waals surface area contributed by atoms with Crippen molar-refractivity contribution >= 4 is 45.2 Å². The number of amides is 2. The topological polar surface area (TPSA) is 67.2 Å². The smallest absolute Gasteiger partial charge is 0.243 e. The number of hydrogen-bond acceptors (Lipinski definition) is 4. The first-order valence-corrected chi connectivity index (χ1v) is 11.1. The lowest BCUT2D eigenvalue weighted by Gasteiger charge is -2.17. The Morgan fingerprint density at radius 2 is 1.93 bits per heavy atom. The Labute approximate surface area is 188 Å². The molecule has 0 unspecified atom stereocenters. The van der Waals surface area contributed by atoms with Crippen molar-refractivity contribution in [3.05, 3.63) is 70.5 Å². The molecule has 6 nitrogen and oxygen atoms in total. The third kappa shape index (κ3) is 5.52. The first kappa shape index (κ1) is 22.1. The molecular weight excluding hydrogens is 464 g/mol. The van der Waals surface area contributed by atoms with Crippen molar-refractivity contribution in [2.24, 2.45) is 0 Å². The van der Waals surface area contributed by atoms with E-state index in [-0.39, 0.29) is 24.1 Å². The molecule has 2 aromatic carbocycles. The van der Waals surface area contributed by atoms with Crippen molar-refractivity contribution < 1.29 is 9.59 Å². The second-order valence-electron chi connectivity index (χ2n) is 6.91. The minimum atomic E-state index is -0.234. The van der Waals surface area contributed by atoms with E-state index >= 15 is 0 Å². The number of nitrogens with zero attached hydrogens (tertiary/aromatic N) is 3.